The summed E-state index contributed by atoms with van der Waals surface area (Å²) in [6, 6.07) is 7.48. The van der Waals surface area contributed by atoms with Crippen molar-refractivity contribution in [3.8, 4) is 0 Å². The molecule has 2 rings (SSSR count). The number of nitrogens with two attached hydrogens (primary N) is 1. The fourth-order valence-corrected chi connectivity index (χ4v) is 2.84. The zero-order valence-electron chi connectivity index (χ0n) is 13.0. The molecule has 0 saturated carbocycles. The zero-order chi connectivity index (χ0) is 16.9. The maximum atomic E-state index is 12.4. The minimum Gasteiger partial charge on any atom is -0.399 e. The summed E-state index contributed by atoms with van der Waals surface area (Å²) in [7, 11) is -3.74. The van der Waals surface area contributed by atoms with Crippen molar-refractivity contribution >= 4 is 33.3 Å². The number of anilines is 4. The first-order valence-corrected chi connectivity index (χ1v) is 8.68. The molecule has 1 heterocycles. The van der Waals surface area contributed by atoms with Crippen molar-refractivity contribution in [2.24, 2.45) is 0 Å². The van der Waals surface area contributed by atoms with Crippen LogP contribution in [0.2, 0.25) is 0 Å². The van der Waals surface area contributed by atoms with Gasteiger partial charge in [-0.3, -0.25) is 4.72 Å². The number of sulfonamides is 1. The molecular formula is C14H20N6O2S. The van der Waals surface area contributed by atoms with E-state index in [0.717, 1.165) is 0 Å². The molecule has 5 N–H and O–H groups in total. The third kappa shape index (κ3) is 4.46. The summed E-state index contributed by atoms with van der Waals surface area (Å²) < 4.78 is 27.2. The van der Waals surface area contributed by atoms with Gasteiger partial charge >= 0.3 is 0 Å². The van der Waals surface area contributed by atoms with Gasteiger partial charge in [0.25, 0.3) is 10.0 Å². The zero-order valence-corrected chi connectivity index (χ0v) is 13.8. The van der Waals surface area contributed by atoms with Gasteiger partial charge in [-0.25, -0.2) is 8.42 Å². The van der Waals surface area contributed by atoms with Crippen LogP contribution < -0.4 is 21.1 Å². The summed E-state index contributed by atoms with van der Waals surface area (Å²) in [4.78, 5) is 8.51. The molecule has 2 aromatic rings. The van der Waals surface area contributed by atoms with Gasteiger partial charge in [0, 0.05) is 24.8 Å². The lowest BCUT2D eigenvalue weighted by Gasteiger charge is -2.11. The number of benzene rings is 1. The minimum atomic E-state index is -3.74. The molecule has 0 fully saturated rings. The lowest BCUT2D eigenvalue weighted by Crippen LogP contribution is -2.16. The molecule has 0 atom stereocenters. The van der Waals surface area contributed by atoms with Crippen molar-refractivity contribution in [2.45, 2.75) is 18.7 Å². The summed E-state index contributed by atoms with van der Waals surface area (Å²) in [6.45, 7) is 5.11. The van der Waals surface area contributed by atoms with Crippen LogP contribution in [0.1, 0.15) is 13.8 Å². The average Bonchev–Trinajstić information content (AvgIpc) is 2.47. The molecule has 0 spiro atoms. The van der Waals surface area contributed by atoms with E-state index < -0.39 is 10.0 Å². The van der Waals surface area contributed by atoms with Crippen molar-refractivity contribution < 1.29 is 8.42 Å². The van der Waals surface area contributed by atoms with E-state index in [9.17, 15) is 8.42 Å². The Morgan fingerprint density at radius 1 is 1.00 bits per heavy atom. The monoisotopic (exact) mass is 336 g/mol. The SMILES string of the molecule is CCNc1cc(NS(=O)(=O)c2ccc(N)cc2)nc(NCC)n1. The highest BCUT2D eigenvalue weighted by Gasteiger charge is 2.16. The molecule has 0 bridgehead atoms. The first-order chi connectivity index (χ1) is 10.9. The molecule has 0 aliphatic carbocycles. The van der Waals surface area contributed by atoms with Crippen LogP contribution in [0.5, 0.6) is 0 Å². The highest BCUT2D eigenvalue weighted by atomic mass is 32.2. The van der Waals surface area contributed by atoms with Crippen LogP contribution in [0.3, 0.4) is 0 Å². The van der Waals surface area contributed by atoms with Gasteiger partial charge in [0.2, 0.25) is 5.95 Å². The van der Waals surface area contributed by atoms with Crippen LogP contribution in [-0.2, 0) is 10.0 Å². The average molecular weight is 336 g/mol. The third-order valence-corrected chi connectivity index (χ3v) is 4.22. The molecule has 0 aliphatic rings. The molecule has 0 aliphatic heterocycles. The Kier molecular flexibility index (Phi) is 5.22. The lowest BCUT2D eigenvalue weighted by atomic mass is 10.3. The van der Waals surface area contributed by atoms with Gasteiger partial charge in [0.05, 0.1) is 4.90 Å². The lowest BCUT2D eigenvalue weighted by molar-refractivity contribution is 0.601. The quantitative estimate of drug-likeness (QED) is 0.568. The van der Waals surface area contributed by atoms with Gasteiger partial charge in [0.1, 0.15) is 11.6 Å². The predicted molar refractivity (Wildman–Crippen MR) is 92.0 cm³/mol. The molecule has 1 aromatic carbocycles. The summed E-state index contributed by atoms with van der Waals surface area (Å²) in [5.74, 6) is 1.07. The summed E-state index contributed by atoms with van der Waals surface area (Å²) in [5.41, 5.74) is 6.07. The van der Waals surface area contributed by atoms with E-state index >= 15 is 0 Å². The standard InChI is InChI=1S/C14H20N6O2S/c1-3-16-12-9-13(19-14(18-12)17-4-2)20-23(21,22)11-7-5-10(15)6-8-11/h5-9H,3-4,15H2,1-2H3,(H3,16,17,18,19,20). The van der Waals surface area contributed by atoms with Crippen LogP contribution in [0.25, 0.3) is 0 Å². The smallest absolute Gasteiger partial charge is 0.263 e. The van der Waals surface area contributed by atoms with Crippen molar-refractivity contribution in [3.05, 3.63) is 30.3 Å². The largest absolute Gasteiger partial charge is 0.399 e. The van der Waals surface area contributed by atoms with Crippen molar-refractivity contribution in [1.29, 1.82) is 0 Å². The Morgan fingerprint density at radius 3 is 2.22 bits per heavy atom. The van der Waals surface area contributed by atoms with Gasteiger partial charge in [0.15, 0.2) is 0 Å². The number of nitrogens with one attached hydrogen (secondary N) is 3. The number of rotatable bonds is 7. The highest BCUT2D eigenvalue weighted by molar-refractivity contribution is 7.92. The summed E-state index contributed by atoms with van der Waals surface area (Å²) in [5, 5.41) is 6.00. The van der Waals surface area contributed by atoms with Gasteiger partial charge in [-0.15, -0.1) is 0 Å². The van der Waals surface area contributed by atoms with E-state index in [-0.39, 0.29) is 10.7 Å². The molecule has 0 amide bonds. The fourth-order valence-electron chi connectivity index (χ4n) is 1.85. The maximum Gasteiger partial charge on any atom is 0.263 e. The molecule has 8 nitrogen and oxygen atoms in total. The number of hydrogen-bond donors (Lipinski definition) is 4. The normalized spacial score (nSPS) is 11.0. The summed E-state index contributed by atoms with van der Waals surface area (Å²) >= 11 is 0. The first-order valence-electron chi connectivity index (χ1n) is 7.19. The third-order valence-electron chi connectivity index (χ3n) is 2.85. The van der Waals surface area contributed by atoms with Crippen LogP contribution in [0.4, 0.5) is 23.3 Å². The van der Waals surface area contributed by atoms with Crippen molar-refractivity contribution in [2.75, 3.05) is 34.2 Å². The first kappa shape index (κ1) is 16.8. The summed E-state index contributed by atoms with van der Waals surface area (Å²) in [6.07, 6.45) is 0. The van der Waals surface area contributed by atoms with E-state index in [1.807, 2.05) is 13.8 Å². The molecule has 1 aromatic heterocycles. The van der Waals surface area contributed by atoms with Crippen LogP contribution in [-0.4, -0.2) is 31.5 Å². The number of aromatic nitrogens is 2. The second-order valence-electron chi connectivity index (χ2n) is 4.70. The van der Waals surface area contributed by atoms with Crippen molar-refractivity contribution in [3.63, 3.8) is 0 Å². The number of hydrogen-bond acceptors (Lipinski definition) is 7. The molecule has 0 saturated heterocycles. The van der Waals surface area contributed by atoms with Crippen molar-refractivity contribution in [1.82, 2.24) is 9.97 Å². The van der Waals surface area contributed by atoms with E-state index in [1.54, 1.807) is 6.07 Å². The van der Waals surface area contributed by atoms with E-state index in [1.165, 1.54) is 24.3 Å². The highest BCUT2D eigenvalue weighted by Crippen LogP contribution is 2.19. The van der Waals surface area contributed by atoms with E-state index in [2.05, 4.69) is 25.3 Å². The maximum absolute atomic E-state index is 12.4. The molecule has 0 radical (unpaired) electrons. The van der Waals surface area contributed by atoms with Crippen LogP contribution in [0.15, 0.2) is 35.2 Å². The van der Waals surface area contributed by atoms with E-state index in [0.29, 0.717) is 30.5 Å². The van der Waals surface area contributed by atoms with Gasteiger partial charge in [-0.05, 0) is 38.1 Å². The van der Waals surface area contributed by atoms with E-state index in [4.69, 9.17) is 5.73 Å². The second-order valence-corrected chi connectivity index (χ2v) is 6.38. The Morgan fingerprint density at radius 2 is 1.61 bits per heavy atom. The topological polar surface area (TPSA) is 122 Å². The predicted octanol–water partition coefficient (Wildman–Crippen LogP) is 1.72. The molecular weight excluding hydrogens is 316 g/mol. The molecule has 124 valence electrons. The second kappa shape index (κ2) is 7.14. The Bertz CT molecular complexity index is 737. The fraction of sp³-hybridized carbons (Fsp3) is 0.286. The molecule has 9 heteroatoms. The Labute approximate surface area is 135 Å². The number of nitrogen functional groups attached to an aromatic ring is 1. The minimum absolute atomic E-state index is 0.111. The van der Waals surface area contributed by atoms with Gasteiger partial charge in [-0.1, -0.05) is 0 Å². The molecule has 23 heavy (non-hydrogen) atoms. The van der Waals surface area contributed by atoms with Crippen LogP contribution in [0, 0.1) is 0 Å². The Balaban J connectivity index is 2.31. The Hall–Kier alpha value is -2.55. The van der Waals surface area contributed by atoms with Crippen LogP contribution >= 0.6 is 0 Å². The number of nitrogens with zero attached hydrogens (tertiary/aromatic N) is 2. The van der Waals surface area contributed by atoms with Gasteiger partial charge < -0.3 is 16.4 Å². The van der Waals surface area contributed by atoms with Gasteiger partial charge in [-0.2, -0.15) is 9.97 Å². The molecule has 0 unspecified atom stereocenters.